The molecule has 1 heterocycles. The third-order valence-electron chi connectivity index (χ3n) is 2.19. The summed E-state index contributed by atoms with van der Waals surface area (Å²) in [7, 11) is 1.99. The van der Waals surface area contributed by atoms with Crippen molar-refractivity contribution in [3.05, 3.63) is 0 Å². The number of hydrogen-bond acceptors (Lipinski definition) is 4. The fourth-order valence-corrected chi connectivity index (χ4v) is 1.41. The topological polar surface area (TPSA) is 53.6 Å². The van der Waals surface area contributed by atoms with Crippen LogP contribution in [-0.4, -0.2) is 49.4 Å². The molecule has 0 aromatic rings. The molecule has 0 spiro atoms. The molecule has 1 aliphatic heterocycles. The SMILES string of the molecule is CN1CCNCC1NC(=O)OC(C)(C)C. The maximum Gasteiger partial charge on any atom is 0.408 e. The molecule has 88 valence electrons. The van der Waals surface area contributed by atoms with Crippen molar-refractivity contribution in [1.29, 1.82) is 0 Å². The normalized spacial score (nSPS) is 23.6. The standard InChI is InChI=1S/C10H21N3O2/c1-10(2,3)15-9(14)12-8-7-11-5-6-13(8)4/h8,11H,5-7H2,1-4H3,(H,12,14). The number of hydrogen-bond donors (Lipinski definition) is 2. The van der Waals surface area contributed by atoms with Crippen molar-refractivity contribution in [2.24, 2.45) is 0 Å². The lowest BCUT2D eigenvalue weighted by molar-refractivity contribution is 0.0415. The molecule has 1 fully saturated rings. The quantitative estimate of drug-likeness (QED) is 0.663. The highest BCUT2D eigenvalue weighted by atomic mass is 16.6. The van der Waals surface area contributed by atoms with E-state index in [1.807, 2.05) is 27.8 Å². The van der Waals surface area contributed by atoms with Gasteiger partial charge in [0.25, 0.3) is 0 Å². The molecule has 1 saturated heterocycles. The lowest BCUT2D eigenvalue weighted by Gasteiger charge is -2.33. The van der Waals surface area contributed by atoms with Gasteiger partial charge in [-0.1, -0.05) is 0 Å². The number of nitrogens with zero attached hydrogens (tertiary/aromatic N) is 1. The third-order valence-corrected chi connectivity index (χ3v) is 2.19. The number of nitrogens with one attached hydrogen (secondary N) is 2. The van der Waals surface area contributed by atoms with Crippen LogP contribution in [0.25, 0.3) is 0 Å². The number of alkyl carbamates (subject to hydrolysis) is 1. The van der Waals surface area contributed by atoms with E-state index in [-0.39, 0.29) is 12.3 Å². The molecule has 0 aromatic heterocycles. The second-order valence-electron chi connectivity index (χ2n) is 4.85. The molecular formula is C10H21N3O2. The Bertz CT molecular complexity index is 225. The second-order valence-corrected chi connectivity index (χ2v) is 4.85. The van der Waals surface area contributed by atoms with E-state index in [1.54, 1.807) is 0 Å². The average Bonchev–Trinajstić information content (AvgIpc) is 2.05. The Hall–Kier alpha value is -0.810. The molecule has 1 unspecified atom stereocenters. The van der Waals surface area contributed by atoms with E-state index in [0.29, 0.717) is 0 Å². The van der Waals surface area contributed by atoms with E-state index in [4.69, 9.17) is 4.74 Å². The van der Waals surface area contributed by atoms with Crippen molar-refractivity contribution in [1.82, 2.24) is 15.5 Å². The largest absolute Gasteiger partial charge is 0.444 e. The predicted octanol–water partition coefficient (Wildman–Crippen LogP) is 0.372. The Morgan fingerprint density at radius 1 is 1.53 bits per heavy atom. The number of piperazine rings is 1. The number of amides is 1. The van der Waals surface area contributed by atoms with Gasteiger partial charge in [0.05, 0.1) is 6.17 Å². The smallest absolute Gasteiger partial charge is 0.408 e. The molecular weight excluding hydrogens is 194 g/mol. The highest BCUT2D eigenvalue weighted by molar-refractivity contribution is 5.68. The van der Waals surface area contributed by atoms with Gasteiger partial charge in [0, 0.05) is 19.6 Å². The van der Waals surface area contributed by atoms with E-state index in [2.05, 4.69) is 15.5 Å². The van der Waals surface area contributed by atoms with Gasteiger partial charge in [-0.2, -0.15) is 0 Å². The molecule has 0 bridgehead atoms. The lowest BCUT2D eigenvalue weighted by atomic mass is 10.2. The Kier molecular flexibility index (Phi) is 3.93. The highest BCUT2D eigenvalue weighted by Gasteiger charge is 2.23. The van der Waals surface area contributed by atoms with Crippen LogP contribution in [0.5, 0.6) is 0 Å². The number of likely N-dealkylation sites (N-methyl/N-ethyl adjacent to an activating group) is 1. The van der Waals surface area contributed by atoms with Gasteiger partial charge in [-0.05, 0) is 27.8 Å². The fraction of sp³-hybridized carbons (Fsp3) is 0.900. The molecule has 2 N–H and O–H groups in total. The van der Waals surface area contributed by atoms with Gasteiger partial charge in [-0.3, -0.25) is 4.90 Å². The fourth-order valence-electron chi connectivity index (χ4n) is 1.41. The van der Waals surface area contributed by atoms with Crippen LogP contribution in [0.2, 0.25) is 0 Å². The van der Waals surface area contributed by atoms with E-state index in [9.17, 15) is 4.79 Å². The van der Waals surface area contributed by atoms with Crippen molar-refractivity contribution in [3.8, 4) is 0 Å². The minimum absolute atomic E-state index is 0.0219. The molecule has 5 nitrogen and oxygen atoms in total. The molecule has 1 aliphatic rings. The zero-order valence-electron chi connectivity index (χ0n) is 9.96. The Morgan fingerprint density at radius 2 is 2.20 bits per heavy atom. The van der Waals surface area contributed by atoms with Crippen molar-refractivity contribution in [2.75, 3.05) is 26.7 Å². The molecule has 0 aliphatic carbocycles. The van der Waals surface area contributed by atoms with Crippen LogP contribution in [0.15, 0.2) is 0 Å². The van der Waals surface area contributed by atoms with Crippen LogP contribution >= 0.6 is 0 Å². The highest BCUT2D eigenvalue weighted by Crippen LogP contribution is 2.07. The number of carbonyl (C=O) groups is 1. The minimum Gasteiger partial charge on any atom is -0.444 e. The minimum atomic E-state index is -0.440. The third kappa shape index (κ3) is 4.48. The molecule has 1 rings (SSSR count). The first-order valence-electron chi connectivity index (χ1n) is 5.29. The summed E-state index contributed by atoms with van der Waals surface area (Å²) >= 11 is 0. The molecule has 5 heteroatoms. The number of ether oxygens (including phenoxy) is 1. The molecule has 1 amide bonds. The van der Waals surface area contributed by atoms with Gasteiger partial charge in [0.15, 0.2) is 0 Å². The van der Waals surface area contributed by atoms with Crippen molar-refractivity contribution < 1.29 is 9.53 Å². The first-order valence-corrected chi connectivity index (χ1v) is 5.29. The first-order chi connectivity index (χ1) is 6.88. The maximum absolute atomic E-state index is 11.5. The van der Waals surface area contributed by atoms with Crippen molar-refractivity contribution in [3.63, 3.8) is 0 Å². The Balaban J connectivity index is 2.36. The average molecular weight is 215 g/mol. The van der Waals surface area contributed by atoms with Gasteiger partial charge in [0.2, 0.25) is 0 Å². The van der Waals surface area contributed by atoms with Crippen LogP contribution in [0.3, 0.4) is 0 Å². The lowest BCUT2D eigenvalue weighted by Crippen LogP contribution is -2.58. The molecule has 15 heavy (non-hydrogen) atoms. The summed E-state index contributed by atoms with van der Waals surface area (Å²) in [6.07, 6.45) is -0.336. The number of carbonyl (C=O) groups excluding carboxylic acids is 1. The van der Waals surface area contributed by atoms with E-state index in [0.717, 1.165) is 19.6 Å². The van der Waals surface area contributed by atoms with Crippen LogP contribution in [0, 0.1) is 0 Å². The van der Waals surface area contributed by atoms with Crippen LogP contribution in [-0.2, 0) is 4.74 Å². The van der Waals surface area contributed by atoms with Gasteiger partial charge in [0.1, 0.15) is 5.60 Å². The molecule has 0 radical (unpaired) electrons. The summed E-state index contributed by atoms with van der Waals surface area (Å²) in [6.45, 7) is 8.22. The molecule has 0 aromatic carbocycles. The van der Waals surface area contributed by atoms with Crippen LogP contribution in [0.1, 0.15) is 20.8 Å². The van der Waals surface area contributed by atoms with Gasteiger partial charge in [-0.25, -0.2) is 4.79 Å². The van der Waals surface area contributed by atoms with Gasteiger partial charge >= 0.3 is 6.09 Å². The van der Waals surface area contributed by atoms with Crippen molar-refractivity contribution >= 4 is 6.09 Å². The molecule has 0 saturated carbocycles. The van der Waals surface area contributed by atoms with E-state index in [1.165, 1.54) is 0 Å². The summed E-state index contributed by atoms with van der Waals surface area (Å²) < 4.78 is 5.18. The van der Waals surface area contributed by atoms with Gasteiger partial charge in [-0.15, -0.1) is 0 Å². The Morgan fingerprint density at radius 3 is 2.73 bits per heavy atom. The maximum atomic E-state index is 11.5. The van der Waals surface area contributed by atoms with Crippen LogP contribution < -0.4 is 10.6 Å². The summed E-state index contributed by atoms with van der Waals surface area (Å²) in [4.78, 5) is 13.6. The van der Waals surface area contributed by atoms with Crippen molar-refractivity contribution in [2.45, 2.75) is 32.5 Å². The number of rotatable bonds is 1. The summed E-state index contributed by atoms with van der Waals surface area (Å²) in [5.41, 5.74) is -0.440. The second kappa shape index (κ2) is 4.81. The summed E-state index contributed by atoms with van der Waals surface area (Å²) in [6, 6.07) is 0. The summed E-state index contributed by atoms with van der Waals surface area (Å²) in [5, 5.41) is 6.05. The summed E-state index contributed by atoms with van der Waals surface area (Å²) in [5.74, 6) is 0. The van der Waals surface area contributed by atoms with E-state index >= 15 is 0 Å². The Labute approximate surface area is 91.2 Å². The zero-order valence-corrected chi connectivity index (χ0v) is 9.96. The zero-order chi connectivity index (χ0) is 11.5. The predicted molar refractivity (Wildman–Crippen MR) is 58.7 cm³/mol. The first kappa shape index (κ1) is 12.3. The monoisotopic (exact) mass is 215 g/mol. The van der Waals surface area contributed by atoms with Gasteiger partial charge < -0.3 is 15.4 Å². The molecule has 1 atom stereocenters. The van der Waals surface area contributed by atoms with E-state index < -0.39 is 5.60 Å². The van der Waals surface area contributed by atoms with Crippen LogP contribution in [0.4, 0.5) is 4.79 Å².